The van der Waals surface area contributed by atoms with Crippen LogP contribution in [0.3, 0.4) is 0 Å². The van der Waals surface area contributed by atoms with Gasteiger partial charge in [-0.1, -0.05) is 0 Å². The van der Waals surface area contributed by atoms with E-state index in [1.807, 2.05) is 0 Å². The summed E-state index contributed by atoms with van der Waals surface area (Å²) < 4.78 is 0. The van der Waals surface area contributed by atoms with Crippen LogP contribution in [-0.4, -0.2) is 17.4 Å². The van der Waals surface area contributed by atoms with Crippen LogP contribution in [0.4, 0.5) is 0 Å². The molecule has 0 saturated carbocycles. The predicted molar refractivity (Wildman–Crippen MR) is 37.5 cm³/mol. The summed E-state index contributed by atoms with van der Waals surface area (Å²) in [5.74, 6) is 0.179. The van der Waals surface area contributed by atoms with Gasteiger partial charge in [-0.15, -0.1) is 11.8 Å². The van der Waals surface area contributed by atoms with E-state index in [9.17, 15) is 4.79 Å². The largest absolute Gasteiger partial charge is 0.327 e. The van der Waals surface area contributed by atoms with Crippen molar-refractivity contribution in [2.24, 2.45) is 0 Å². The highest BCUT2D eigenvalue weighted by Crippen LogP contribution is 2.03. The van der Waals surface area contributed by atoms with Crippen molar-refractivity contribution in [3.63, 3.8) is 0 Å². The minimum Gasteiger partial charge on any atom is -0.327 e. The topological polar surface area (TPSA) is 53.0 Å². The first-order valence-electron chi connectivity index (χ1n) is 2.45. The maximum absolute atomic E-state index is 10.6. The summed E-state index contributed by atoms with van der Waals surface area (Å²) in [6, 6.07) is 0. The third-order valence-corrected chi connectivity index (χ3v) is 1.66. The third-order valence-electron chi connectivity index (χ3n) is 0.880. The maximum atomic E-state index is 10.6. The van der Waals surface area contributed by atoms with Crippen molar-refractivity contribution < 1.29 is 4.79 Å². The highest BCUT2D eigenvalue weighted by Gasteiger charge is 2.08. The molecule has 4 heteroatoms. The van der Waals surface area contributed by atoms with Crippen molar-refractivity contribution in [1.29, 1.82) is 5.41 Å². The molecule has 0 radical (unpaired) electrons. The van der Waals surface area contributed by atoms with Gasteiger partial charge in [-0.3, -0.25) is 10.2 Å². The van der Waals surface area contributed by atoms with Crippen molar-refractivity contribution in [2.75, 3.05) is 5.75 Å². The van der Waals surface area contributed by atoms with Gasteiger partial charge in [0.15, 0.2) is 0 Å². The Hall–Kier alpha value is -0.770. The average molecular weight is 142 g/mol. The monoisotopic (exact) mass is 142 g/mol. The highest BCUT2D eigenvalue weighted by molar-refractivity contribution is 8.02. The fourth-order valence-electron chi connectivity index (χ4n) is 0.442. The van der Waals surface area contributed by atoms with Crippen molar-refractivity contribution in [2.45, 2.75) is 0 Å². The summed E-state index contributed by atoms with van der Waals surface area (Å²) in [5, 5.41) is 11.3. The molecule has 9 heavy (non-hydrogen) atoms. The van der Waals surface area contributed by atoms with E-state index in [1.165, 1.54) is 11.8 Å². The van der Waals surface area contributed by atoms with Crippen LogP contribution in [-0.2, 0) is 4.79 Å². The summed E-state index contributed by atoms with van der Waals surface area (Å²) in [6.45, 7) is 0. The Morgan fingerprint density at radius 2 is 2.56 bits per heavy atom. The minimum atomic E-state index is -0.295. The second kappa shape index (κ2) is 2.68. The molecule has 0 saturated heterocycles. The van der Waals surface area contributed by atoms with Gasteiger partial charge in [0.2, 0.25) is 0 Å². The predicted octanol–water partition coefficient (Wildman–Crippen LogP) is 0.340. The molecular formula is C5H6N2OS. The van der Waals surface area contributed by atoms with Gasteiger partial charge in [0.1, 0.15) is 5.71 Å². The molecule has 48 valence electrons. The zero-order valence-corrected chi connectivity index (χ0v) is 5.49. The van der Waals surface area contributed by atoms with E-state index in [0.717, 1.165) is 0 Å². The molecule has 0 aromatic rings. The number of rotatable bonds is 0. The van der Waals surface area contributed by atoms with Gasteiger partial charge >= 0.3 is 0 Å². The quantitative estimate of drug-likeness (QED) is 0.512. The Kier molecular flexibility index (Phi) is 1.89. The molecule has 1 heterocycles. The maximum Gasteiger partial charge on any atom is 0.269 e. The van der Waals surface area contributed by atoms with Gasteiger partial charge in [0, 0.05) is 12.0 Å². The number of carbonyl (C=O) groups excluding carboxylic acids is 1. The van der Waals surface area contributed by atoms with Crippen molar-refractivity contribution in [3.05, 3.63) is 11.6 Å². The lowest BCUT2D eigenvalue weighted by Crippen LogP contribution is -2.25. The summed E-state index contributed by atoms with van der Waals surface area (Å²) in [6.07, 6.45) is 1.55. The normalized spacial score (nSPS) is 19.1. The summed E-state index contributed by atoms with van der Waals surface area (Å²) in [7, 11) is 0. The summed E-state index contributed by atoms with van der Waals surface area (Å²) in [4.78, 5) is 10.6. The van der Waals surface area contributed by atoms with Crippen molar-refractivity contribution >= 4 is 23.4 Å². The second-order valence-electron chi connectivity index (χ2n) is 1.57. The molecule has 2 N–H and O–H groups in total. The Balaban J connectivity index is 2.63. The van der Waals surface area contributed by atoms with Gasteiger partial charge in [0.25, 0.3) is 5.91 Å². The Bertz CT molecular complexity index is 176. The number of hydrogen-bond acceptors (Lipinski definition) is 3. The fraction of sp³-hybridized carbons (Fsp3) is 0.200. The molecule has 1 aliphatic heterocycles. The molecule has 1 rings (SSSR count). The molecule has 0 bridgehead atoms. The van der Waals surface area contributed by atoms with E-state index in [1.54, 1.807) is 11.6 Å². The zero-order valence-electron chi connectivity index (χ0n) is 4.68. The molecule has 0 atom stereocenters. The first-order valence-corrected chi connectivity index (χ1v) is 3.50. The lowest BCUT2D eigenvalue weighted by molar-refractivity contribution is -0.114. The molecule has 3 nitrogen and oxygen atoms in total. The van der Waals surface area contributed by atoms with E-state index in [4.69, 9.17) is 5.41 Å². The summed E-state index contributed by atoms with van der Waals surface area (Å²) in [5.41, 5.74) is 0.130. The van der Waals surface area contributed by atoms with Crippen LogP contribution in [0.1, 0.15) is 0 Å². The van der Waals surface area contributed by atoms with E-state index in [-0.39, 0.29) is 11.6 Å². The van der Waals surface area contributed by atoms with Gasteiger partial charge < -0.3 is 5.32 Å². The summed E-state index contributed by atoms with van der Waals surface area (Å²) >= 11 is 1.44. The van der Waals surface area contributed by atoms with Crippen LogP contribution < -0.4 is 5.32 Å². The molecule has 0 unspecified atom stereocenters. The number of hydrogen-bond donors (Lipinski definition) is 2. The first-order chi connectivity index (χ1) is 4.30. The standard InChI is InChI=1S/C5H6N2OS/c6-4-3-9-2-1-7-5(4)8/h1-2,6H,3H2,(H,7,8). The molecular weight excluding hydrogens is 136 g/mol. The molecule has 1 aliphatic rings. The number of thioether (sulfide) groups is 1. The lowest BCUT2D eigenvalue weighted by atomic mass is 10.4. The Morgan fingerprint density at radius 3 is 3.33 bits per heavy atom. The Labute approximate surface area is 57.0 Å². The van der Waals surface area contributed by atoms with Gasteiger partial charge in [-0.05, 0) is 5.41 Å². The first kappa shape index (κ1) is 6.35. The van der Waals surface area contributed by atoms with Crippen LogP contribution >= 0.6 is 11.8 Å². The van der Waals surface area contributed by atoms with Gasteiger partial charge in [-0.2, -0.15) is 0 Å². The minimum absolute atomic E-state index is 0.130. The number of amides is 1. The lowest BCUT2D eigenvalue weighted by Gasteiger charge is -1.93. The van der Waals surface area contributed by atoms with Crippen LogP contribution in [0.5, 0.6) is 0 Å². The smallest absolute Gasteiger partial charge is 0.269 e. The molecule has 0 aliphatic carbocycles. The number of carbonyl (C=O) groups is 1. The van der Waals surface area contributed by atoms with Crippen molar-refractivity contribution in [3.8, 4) is 0 Å². The van der Waals surface area contributed by atoms with Gasteiger partial charge in [-0.25, -0.2) is 0 Å². The average Bonchev–Trinajstić information content (AvgIpc) is 1.99. The van der Waals surface area contributed by atoms with E-state index in [0.29, 0.717) is 5.75 Å². The van der Waals surface area contributed by atoms with Crippen LogP contribution in [0.2, 0.25) is 0 Å². The number of nitrogens with one attached hydrogen (secondary N) is 2. The highest BCUT2D eigenvalue weighted by atomic mass is 32.2. The Morgan fingerprint density at radius 1 is 1.78 bits per heavy atom. The van der Waals surface area contributed by atoms with Crippen LogP contribution in [0.15, 0.2) is 11.6 Å². The van der Waals surface area contributed by atoms with Crippen LogP contribution in [0, 0.1) is 5.41 Å². The van der Waals surface area contributed by atoms with Crippen LogP contribution in [0.25, 0.3) is 0 Å². The molecule has 0 spiro atoms. The molecule has 1 amide bonds. The fourth-order valence-corrected chi connectivity index (χ4v) is 1.00. The molecule has 0 fully saturated rings. The van der Waals surface area contributed by atoms with E-state index >= 15 is 0 Å². The van der Waals surface area contributed by atoms with Crippen molar-refractivity contribution in [1.82, 2.24) is 5.32 Å². The molecule has 0 aromatic carbocycles. The zero-order chi connectivity index (χ0) is 6.69. The SMILES string of the molecule is N=C1CSC=CNC1=O. The second-order valence-corrected chi connectivity index (χ2v) is 2.46. The molecule has 0 aromatic heterocycles. The van der Waals surface area contributed by atoms with Gasteiger partial charge in [0.05, 0.1) is 0 Å². The van der Waals surface area contributed by atoms with E-state index < -0.39 is 0 Å². The third kappa shape index (κ3) is 1.57. The van der Waals surface area contributed by atoms with E-state index in [2.05, 4.69) is 5.32 Å².